The van der Waals surface area contributed by atoms with Crippen LogP contribution < -0.4 is 5.73 Å². The van der Waals surface area contributed by atoms with Crippen LogP contribution in [0.3, 0.4) is 0 Å². The molecule has 16 heavy (non-hydrogen) atoms. The van der Waals surface area contributed by atoms with E-state index in [1.807, 2.05) is 0 Å². The van der Waals surface area contributed by atoms with E-state index < -0.39 is 27.3 Å². The summed E-state index contributed by atoms with van der Waals surface area (Å²) in [5, 5.41) is 18.1. The SMILES string of the molecule is N=S(=O)(CC[C@H](N)C(=O)O)CCC1(O)CC1. The quantitative estimate of drug-likeness (QED) is 0.496. The van der Waals surface area contributed by atoms with Gasteiger partial charge < -0.3 is 15.9 Å². The molecule has 0 aliphatic heterocycles. The second-order valence-electron chi connectivity index (χ2n) is 4.43. The molecule has 0 aromatic rings. The molecular weight excluding hydrogens is 232 g/mol. The first-order chi connectivity index (χ1) is 7.24. The van der Waals surface area contributed by atoms with Crippen LogP contribution in [0.15, 0.2) is 0 Å². The van der Waals surface area contributed by atoms with Gasteiger partial charge in [0.15, 0.2) is 0 Å². The first-order valence-corrected chi connectivity index (χ1v) is 7.09. The molecule has 1 aliphatic rings. The summed E-state index contributed by atoms with van der Waals surface area (Å²) in [7, 11) is -2.81. The van der Waals surface area contributed by atoms with E-state index in [9.17, 15) is 14.1 Å². The standard InChI is InChI=1S/C9H18N2O4S/c10-7(8(12)13)1-5-16(11,15)6-4-9(14)2-3-9/h7,11,14H,1-6,10H2,(H,12,13)/t7-,16?/m0/s1. The molecule has 0 radical (unpaired) electrons. The fourth-order valence-electron chi connectivity index (χ4n) is 1.29. The zero-order valence-corrected chi connectivity index (χ0v) is 9.83. The van der Waals surface area contributed by atoms with Crippen molar-refractivity contribution in [3.8, 4) is 0 Å². The minimum Gasteiger partial charge on any atom is -0.480 e. The second-order valence-corrected chi connectivity index (χ2v) is 6.87. The molecule has 0 heterocycles. The Bertz CT molecular complexity index is 362. The van der Waals surface area contributed by atoms with Crippen LogP contribution in [0.2, 0.25) is 0 Å². The van der Waals surface area contributed by atoms with Gasteiger partial charge in [0, 0.05) is 21.2 Å². The van der Waals surface area contributed by atoms with Gasteiger partial charge in [-0.2, -0.15) is 0 Å². The van der Waals surface area contributed by atoms with Crippen molar-refractivity contribution < 1.29 is 19.2 Å². The van der Waals surface area contributed by atoms with E-state index in [0.717, 1.165) is 0 Å². The van der Waals surface area contributed by atoms with Crippen molar-refractivity contribution in [2.24, 2.45) is 5.73 Å². The summed E-state index contributed by atoms with van der Waals surface area (Å²) in [6.07, 6.45) is 1.81. The lowest BCUT2D eigenvalue weighted by Gasteiger charge is -2.11. The minimum atomic E-state index is -2.81. The van der Waals surface area contributed by atoms with Gasteiger partial charge in [-0.05, 0) is 25.7 Å². The number of aliphatic hydroxyl groups is 1. The molecule has 0 aromatic carbocycles. The van der Waals surface area contributed by atoms with E-state index in [-0.39, 0.29) is 17.9 Å². The minimum absolute atomic E-state index is 0.0173. The zero-order valence-electron chi connectivity index (χ0n) is 9.02. The molecule has 5 N–H and O–H groups in total. The van der Waals surface area contributed by atoms with Crippen molar-refractivity contribution in [3.63, 3.8) is 0 Å². The first-order valence-electron chi connectivity index (χ1n) is 5.19. The molecule has 2 atom stereocenters. The Hall–Kier alpha value is -0.660. The third-order valence-corrected chi connectivity index (χ3v) is 4.56. The molecule has 94 valence electrons. The van der Waals surface area contributed by atoms with Gasteiger partial charge in [0.1, 0.15) is 6.04 Å². The molecule has 0 amide bonds. The van der Waals surface area contributed by atoms with Crippen LogP contribution >= 0.6 is 0 Å². The summed E-state index contributed by atoms with van der Waals surface area (Å²) in [4.78, 5) is 10.4. The molecule has 1 fully saturated rings. The van der Waals surface area contributed by atoms with Crippen molar-refractivity contribution in [1.82, 2.24) is 0 Å². The van der Waals surface area contributed by atoms with Crippen molar-refractivity contribution in [3.05, 3.63) is 0 Å². The maximum Gasteiger partial charge on any atom is 0.320 e. The first kappa shape index (κ1) is 13.4. The zero-order chi connectivity index (χ0) is 12.4. The predicted molar refractivity (Wildman–Crippen MR) is 59.6 cm³/mol. The van der Waals surface area contributed by atoms with Crippen molar-refractivity contribution in [2.75, 3.05) is 11.5 Å². The monoisotopic (exact) mass is 250 g/mol. The number of nitrogens with one attached hydrogen (secondary N) is 1. The van der Waals surface area contributed by atoms with Crippen LogP contribution in [-0.4, -0.2) is 43.5 Å². The van der Waals surface area contributed by atoms with Crippen LogP contribution in [0.1, 0.15) is 25.7 Å². The number of aliphatic carboxylic acids is 1. The Morgan fingerprint density at radius 3 is 2.50 bits per heavy atom. The van der Waals surface area contributed by atoms with Gasteiger partial charge in [-0.15, -0.1) is 0 Å². The summed E-state index contributed by atoms with van der Waals surface area (Å²) in [6.45, 7) is 0. The van der Waals surface area contributed by atoms with E-state index in [4.69, 9.17) is 15.6 Å². The van der Waals surface area contributed by atoms with Gasteiger partial charge in [0.05, 0.1) is 5.60 Å². The highest BCUT2D eigenvalue weighted by Crippen LogP contribution is 2.38. The number of carboxylic acid groups (broad SMARTS) is 1. The highest BCUT2D eigenvalue weighted by molar-refractivity contribution is 7.92. The van der Waals surface area contributed by atoms with E-state index in [1.165, 1.54) is 0 Å². The van der Waals surface area contributed by atoms with Crippen molar-refractivity contribution in [2.45, 2.75) is 37.3 Å². The normalized spacial score (nSPS) is 23.4. The van der Waals surface area contributed by atoms with E-state index in [1.54, 1.807) is 0 Å². The summed E-state index contributed by atoms with van der Waals surface area (Å²) >= 11 is 0. The maximum absolute atomic E-state index is 11.7. The van der Waals surface area contributed by atoms with Crippen LogP contribution in [0, 0.1) is 4.78 Å². The van der Waals surface area contributed by atoms with Gasteiger partial charge in [-0.1, -0.05) is 0 Å². The smallest absolute Gasteiger partial charge is 0.320 e. The highest BCUT2D eigenvalue weighted by atomic mass is 32.2. The lowest BCUT2D eigenvalue weighted by Crippen LogP contribution is -2.32. The highest BCUT2D eigenvalue weighted by Gasteiger charge is 2.40. The molecule has 1 saturated carbocycles. The summed E-state index contributed by atoms with van der Waals surface area (Å²) in [6, 6.07) is -1.06. The molecular formula is C9H18N2O4S. The summed E-state index contributed by atoms with van der Waals surface area (Å²) in [5.74, 6) is -1.04. The average Bonchev–Trinajstić information content (AvgIpc) is 2.91. The van der Waals surface area contributed by atoms with Gasteiger partial charge in [-0.3, -0.25) is 9.57 Å². The van der Waals surface area contributed by atoms with Crippen molar-refractivity contribution >= 4 is 15.7 Å². The molecule has 0 bridgehead atoms. The van der Waals surface area contributed by atoms with E-state index in [0.29, 0.717) is 19.3 Å². The number of hydrogen-bond acceptors (Lipinski definition) is 5. The van der Waals surface area contributed by atoms with Gasteiger partial charge in [0.2, 0.25) is 0 Å². The molecule has 0 saturated heterocycles. The number of carboxylic acids is 1. The number of nitrogens with two attached hydrogens (primary N) is 1. The van der Waals surface area contributed by atoms with E-state index in [2.05, 4.69) is 0 Å². The van der Waals surface area contributed by atoms with Crippen molar-refractivity contribution in [1.29, 1.82) is 4.78 Å². The van der Waals surface area contributed by atoms with E-state index >= 15 is 0 Å². The fraction of sp³-hybridized carbons (Fsp3) is 0.889. The van der Waals surface area contributed by atoms with Gasteiger partial charge in [-0.25, -0.2) is 4.21 Å². The largest absolute Gasteiger partial charge is 0.480 e. The number of carbonyl (C=O) groups is 1. The second kappa shape index (κ2) is 4.68. The third-order valence-electron chi connectivity index (χ3n) is 2.80. The lowest BCUT2D eigenvalue weighted by molar-refractivity contribution is -0.138. The fourth-order valence-corrected chi connectivity index (χ4v) is 2.84. The molecule has 1 aliphatic carbocycles. The van der Waals surface area contributed by atoms with Crippen LogP contribution in [-0.2, 0) is 14.5 Å². The van der Waals surface area contributed by atoms with Gasteiger partial charge in [0.25, 0.3) is 0 Å². The number of hydrogen-bond donors (Lipinski definition) is 4. The topological polar surface area (TPSA) is 124 Å². The molecule has 6 nitrogen and oxygen atoms in total. The molecule has 0 spiro atoms. The summed E-state index contributed by atoms with van der Waals surface area (Å²) < 4.78 is 19.2. The Morgan fingerprint density at radius 1 is 1.50 bits per heavy atom. The van der Waals surface area contributed by atoms with Crippen LogP contribution in [0.5, 0.6) is 0 Å². The van der Waals surface area contributed by atoms with Crippen LogP contribution in [0.4, 0.5) is 0 Å². The average molecular weight is 250 g/mol. The maximum atomic E-state index is 11.7. The third kappa shape index (κ3) is 4.46. The molecule has 0 aromatic heterocycles. The van der Waals surface area contributed by atoms with Crippen LogP contribution in [0.25, 0.3) is 0 Å². The van der Waals surface area contributed by atoms with Gasteiger partial charge >= 0.3 is 5.97 Å². The molecule has 1 rings (SSSR count). The number of rotatable bonds is 7. The predicted octanol–water partition coefficient (Wildman–Crippen LogP) is -0.250. The lowest BCUT2D eigenvalue weighted by atomic mass is 10.2. The Kier molecular flexibility index (Phi) is 3.92. The Labute approximate surface area is 94.8 Å². The Balaban J connectivity index is 2.31. The Morgan fingerprint density at radius 2 is 2.06 bits per heavy atom. The molecule has 7 heteroatoms. The molecule has 1 unspecified atom stereocenters. The summed E-state index contributed by atoms with van der Waals surface area (Å²) in [5.41, 5.74) is 4.55.